The van der Waals surface area contributed by atoms with Gasteiger partial charge in [-0.15, -0.1) is 0 Å². The number of hydrogen-bond acceptors (Lipinski definition) is 6. The van der Waals surface area contributed by atoms with Gasteiger partial charge in [0.2, 0.25) is 5.91 Å². The summed E-state index contributed by atoms with van der Waals surface area (Å²) >= 11 is 0. The van der Waals surface area contributed by atoms with Crippen LogP contribution in [0.1, 0.15) is 28.4 Å². The SMILES string of the molecule is Cc1c(C(=O)OC(C)C(=O)N2CC(=O)Nc3cc(C(F)(F)F)ccc32)cccc1[N+](=O)[O-]. The molecule has 0 fully saturated rings. The van der Waals surface area contributed by atoms with Crippen molar-refractivity contribution < 1.29 is 37.2 Å². The number of esters is 1. The van der Waals surface area contributed by atoms with Crippen molar-refractivity contribution in [3.05, 3.63) is 63.2 Å². The molecule has 0 bridgehead atoms. The van der Waals surface area contributed by atoms with Gasteiger partial charge in [-0.1, -0.05) is 6.07 Å². The molecule has 2 aromatic rings. The van der Waals surface area contributed by atoms with Gasteiger partial charge in [0.05, 0.1) is 27.4 Å². The maximum Gasteiger partial charge on any atom is 0.416 e. The molecule has 1 heterocycles. The first kappa shape index (κ1) is 22.7. The molecule has 1 aliphatic heterocycles. The lowest BCUT2D eigenvalue weighted by Gasteiger charge is -2.31. The Morgan fingerprint density at radius 1 is 1.25 bits per heavy atom. The van der Waals surface area contributed by atoms with E-state index in [0.717, 1.165) is 17.0 Å². The van der Waals surface area contributed by atoms with Crippen LogP contribution < -0.4 is 10.2 Å². The van der Waals surface area contributed by atoms with E-state index in [2.05, 4.69) is 5.32 Å². The van der Waals surface area contributed by atoms with Gasteiger partial charge in [-0.2, -0.15) is 13.2 Å². The molecule has 0 saturated heterocycles. The predicted molar refractivity (Wildman–Crippen MR) is 105 cm³/mol. The Morgan fingerprint density at radius 2 is 1.94 bits per heavy atom. The van der Waals surface area contributed by atoms with E-state index in [1.165, 1.54) is 32.0 Å². The Morgan fingerprint density at radius 3 is 2.56 bits per heavy atom. The molecule has 12 heteroatoms. The molecule has 1 unspecified atom stereocenters. The fourth-order valence-electron chi connectivity index (χ4n) is 3.20. The summed E-state index contributed by atoms with van der Waals surface area (Å²) in [4.78, 5) is 48.6. The monoisotopic (exact) mass is 451 g/mol. The smallest absolute Gasteiger partial charge is 0.416 e. The lowest BCUT2D eigenvalue weighted by molar-refractivity contribution is -0.385. The number of nitrogens with zero attached hydrogens (tertiary/aromatic N) is 2. The fourth-order valence-corrected chi connectivity index (χ4v) is 3.20. The first-order valence-electron chi connectivity index (χ1n) is 9.17. The minimum atomic E-state index is -4.65. The van der Waals surface area contributed by atoms with Gasteiger partial charge in [0.15, 0.2) is 6.10 Å². The summed E-state index contributed by atoms with van der Waals surface area (Å²) in [7, 11) is 0. The molecule has 9 nitrogen and oxygen atoms in total. The molecule has 0 aliphatic carbocycles. The van der Waals surface area contributed by atoms with Crippen LogP contribution >= 0.6 is 0 Å². The maximum absolute atomic E-state index is 13.0. The van der Waals surface area contributed by atoms with Crippen LogP contribution in [-0.2, 0) is 20.5 Å². The minimum absolute atomic E-state index is 0.0111. The Balaban J connectivity index is 1.84. The van der Waals surface area contributed by atoms with Crippen LogP contribution in [0.3, 0.4) is 0 Å². The van der Waals surface area contributed by atoms with Gasteiger partial charge in [0, 0.05) is 11.6 Å². The molecule has 0 saturated carbocycles. The average molecular weight is 451 g/mol. The molecule has 1 aliphatic rings. The standard InChI is InChI=1S/C20H16F3N3O6/c1-10-13(4-3-5-15(10)26(30)31)19(29)32-11(2)18(28)25-9-17(27)24-14-8-12(20(21,22)23)6-7-16(14)25/h3-8,11H,9H2,1-2H3,(H,24,27). The lowest BCUT2D eigenvalue weighted by Crippen LogP contribution is -2.47. The van der Waals surface area contributed by atoms with Crippen molar-refractivity contribution in [2.75, 3.05) is 16.8 Å². The minimum Gasteiger partial charge on any atom is -0.449 e. The van der Waals surface area contributed by atoms with E-state index in [-0.39, 0.29) is 28.2 Å². The third-order valence-corrected chi connectivity index (χ3v) is 4.81. The fraction of sp³-hybridized carbons (Fsp3) is 0.250. The number of anilines is 2. The van der Waals surface area contributed by atoms with Gasteiger partial charge in [-0.05, 0) is 38.1 Å². The van der Waals surface area contributed by atoms with Crippen molar-refractivity contribution in [1.82, 2.24) is 0 Å². The number of nitro groups is 1. The largest absolute Gasteiger partial charge is 0.449 e. The molecule has 0 radical (unpaired) electrons. The van der Waals surface area contributed by atoms with E-state index in [9.17, 15) is 37.7 Å². The van der Waals surface area contributed by atoms with Crippen LogP contribution in [0.4, 0.5) is 30.2 Å². The molecule has 1 N–H and O–H groups in total. The highest BCUT2D eigenvalue weighted by atomic mass is 19.4. The Bertz CT molecular complexity index is 1130. The van der Waals surface area contributed by atoms with Crippen LogP contribution in [0, 0.1) is 17.0 Å². The second-order valence-corrected chi connectivity index (χ2v) is 6.96. The number of alkyl halides is 3. The van der Waals surface area contributed by atoms with E-state index in [1.54, 1.807) is 0 Å². The number of amides is 2. The van der Waals surface area contributed by atoms with Crippen LogP contribution in [0.15, 0.2) is 36.4 Å². The zero-order valence-electron chi connectivity index (χ0n) is 16.7. The summed E-state index contributed by atoms with van der Waals surface area (Å²) in [6, 6.07) is 6.30. The van der Waals surface area contributed by atoms with Gasteiger partial charge < -0.3 is 10.1 Å². The number of fused-ring (bicyclic) bond motifs is 1. The topological polar surface area (TPSA) is 119 Å². The number of carbonyl (C=O) groups is 3. The van der Waals surface area contributed by atoms with E-state index >= 15 is 0 Å². The van der Waals surface area contributed by atoms with Crippen molar-refractivity contribution in [1.29, 1.82) is 0 Å². The highest BCUT2D eigenvalue weighted by Crippen LogP contribution is 2.37. The number of ether oxygens (including phenoxy) is 1. The predicted octanol–water partition coefficient (Wildman–Crippen LogP) is 3.45. The summed E-state index contributed by atoms with van der Waals surface area (Å²) < 4.78 is 44.0. The number of rotatable bonds is 4. The normalized spacial score (nSPS) is 14.3. The van der Waals surface area contributed by atoms with Crippen molar-refractivity contribution in [3.63, 3.8) is 0 Å². The van der Waals surface area contributed by atoms with E-state index in [0.29, 0.717) is 6.07 Å². The summed E-state index contributed by atoms with van der Waals surface area (Å²) in [5, 5.41) is 13.3. The second-order valence-electron chi connectivity index (χ2n) is 6.96. The van der Waals surface area contributed by atoms with Gasteiger partial charge in [-0.25, -0.2) is 4.79 Å². The van der Waals surface area contributed by atoms with Gasteiger partial charge in [0.1, 0.15) is 6.54 Å². The molecule has 0 aromatic heterocycles. The third kappa shape index (κ3) is 4.38. The van der Waals surface area contributed by atoms with Crippen LogP contribution in [0.5, 0.6) is 0 Å². The van der Waals surface area contributed by atoms with E-state index in [1.807, 2.05) is 0 Å². The number of nitrogens with one attached hydrogen (secondary N) is 1. The Labute approximate surface area is 178 Å². The first-order valence-corrected chi connectivity index (χ1v) is 9.17. The highest BCUT2D eigenvalue weighted by molar-refractivity contribution is 6.11. The molecular weight excluding hydrogens is 435 g/mol. The molecule has 2 amide bonds. The summed E-state index contributed by atoms with van der Waals surface area (Å²) in [6.45, 7) is 2.09. The molecule has 0 spiro atoms. The molecule has 168 valence electrons. The summed E-state index contributed by atoms with van der Waals surface area (Å²) in [6.07, 6.45) is -6.08. The van der Waals surface area contributed by atoms with Crippen LogP contribution in [0.25, 0.3) is 0 Å². The molecular formula is C20H16F3N3O6. The number of hydrogen-bond donors (Lipinski definition) is 1. The molecule has 32 heavy (non-hydrogen) atoms. The van der Waals surface area contributed by atoms with Crippen molar-refractivity contribution >= 4 is 34.8 Å². The van der Waals surface area contributed by atoms with Crippen molar-refractivity contribution in [2.45, 2.75) is 26.1 Å². The van der Waals surface area contributed by atoms with E-state index < -0.39 is 47.1 Å². The maximum atomic E-state index is 13.0. The Kier molecular flexibility index (Phi) is 5.88. The number of carbonyl (C=O) groups excluding carboxylic acids is 3. The summed E-state index contributed by atoms with van der Waals surface area (Å²) in [5.74, 6) is -2.57. The number of nitro benzene ring substituents is 1. The lowest BCUT2D eigenvalue weighted by atomic mass is 10.1. The van der Waals surface area contributed by atoms with Gasteiger partial charge in [0.25, 0.3) is 11.6 Å². The zero-order valence-corrected chi connectivity index (χ0v) is 16.7. The average Bonchev–Trinajstić information content (AvgIpc) is 2.71. The van der Waals surface area contributed by atoms with Crippen molar-refractivity contribution in [2.24, 2.45) is 0 Å². The second kappa shape index (κ2) is 8.29. The van der Waals surface area contributed by atoms with Crippen LogP contribution in [-0.4, -0.2) is 35.4 Å². The molecule has 1 atom stereocenters. The summed E-state index contributed by atoms with van der Waals surface area (Å²) in [5.41, 5.74) is -1.59. The number of halogens is 3. The third-order valence-electron chi connectivity index (χ3n) is 4.81. The van der Waals surface area contributed by atoms with Gasteiger partial charge in [-0.3, -0.25) is 24.6 Å². The van der Waals surface area contributed by atoms with Crippen molar-refractivity contribution in [3.8, 4) is 0 Å². The highest BCUT2D eigenvalue weighted by Gasteiger charge is 2.36. The molecule has 2 aromatic carbocycles. The van der Waals surface area contributed by atoms with Gasteiger partial charge >= 0.3 is 12.1 Å². The first-order chi connectivity index (χ1) is 14.9. The molecule has 3 rings (SSSR count). The quantitative estimate of drug-likeness (QED) is 0.432. The van der Waals surface area contributed by atoms with Crippen LogP contribution in [0.2, 0.25) is 0 Å². The Hall–Kier alpha value is -3.96. The number of benzene rings is 2. The zero-order chi connectivity index (χ0) is 23.8. The van der Waals surface area contributed by atoms with E-state index in [4.69, 9.17) is 4.74 Å².